The fraction of sp³-hybridized carbons (Fsp3) is 0.480. The third-order valence-electron chi connectivity index (χ3n) is 5.74. The number of carbonyl (C=O) groups excluding carboxylic acids is 2. The molecule has 3 N–H and O–H groups in total. The van der Waals surface area contributed by atoms with Gasteiger partial charge in [0.15, 0.2) is 0 Å². The molecule has 0 atom stereocenters. The minimum Gasteiger partial charge on any atom is -0.444 e. The predicted molar refractivity (Wildman–Crippen MR) is 131 cm³/mol. The third-order valence-corrected chi connectivity index (χ3v) is 5.74. The molecule has 0 aliphatic carbocycles. The maximum Gasteiger partial charge on any atom is 0.410 e. The lowest BCUT2D eigenvalue weighted by Gasteiger charge is -2.33. The van der Waals surface area contributed by atoms with E-state index in [1.165, 1.54) is 0 Å². The number of nitrogen functional groups attached to an aromatic ring is 1. The number of pyridine rings is 1. The lowest BCUT2D eigenvalue weighted by Crippen LogP contribution is -2.37. The van der Waals surface area contributed by atoms with Crippen LogP contribution in [0.5, 0.6) is 0 Å². The van der Waals surface area contributed by atoms with E-state index in [-0.39, 0.29) is 12.0 Å². The average Bonchev–Trinajstić information content (AvgIpc) is 2.78. The van der Waals surface area contributed by atoms with Crippen LogP contribution in [0.25, 0.3) is 0 Å². The summed E-state index contributed by atoms with van der Waals surface area (Å²) < 4.78 is 5.42. The summed E-state index contributed by atoms with van der Waals surface area (Å²) in [4.78, 5) is 33.0. The Hall–Kier alpha value is -3.29. The van der Waals surface area contributed by atoms with Crippen LogP contribution in [0.1, 0.15) is 50.4 Å². The third kappa shape index (κ3) is 7.10. The highest BCUT2D eigenvalue weighted by molar-refractivity contribution is 6.05. The molecule has 8 nitrogen and oxygen atoms in total. The van der Waals surface area contributed by atoms with Gasteiger partial charge in [0.1, 0.15) is 11.4 Å². The number of anilines is 3. The number of piperidine rings is 1. The van der Waals surface area contributed by atoms with E-state index in [1.54, 1.807) is 36.3 Å². The lowest BCUT2D eigenvalue weighted by atomic mass is 9.93. The lowest BCUT2D eigenvalue weighted by molar-refractivity contribution is 0.0288. The van der Waals surface area contributed by atoms with E-state index in [0.29, 0.717) is 29.4 Å². The summed E-state index contributed by atoms with van der Waals surface area (Å²) in [6.45, 7) is 8.12. The van der Waals surface area contributed by atoms with Crippen molar-refractivity contribution in [1.82, 2.24) is 9.88 Å². The van der Waals surface area contributed by atoms with Crippen molar-refractivity contribution in [2.45, 2.75) is 45.6 Å². The molecule has 3 rings (SSSR count). The van der Waals surface area contributed by atoms with Gasteiger partial charge in [-0.15, -0.1) is 0 Å². The summed E-state index contributed by atoms with van der Waals surface area (Å²) in [6, 6.07) is 10.8. The zero-order chi connectivity index (χ0) is 24.0. The summed E-state index contributed by atoms with van der Waals surface area (Å²) in [5.41, 5.74) is 7.02. The summed E-state index contributed by atoms with van der Waals surface area (Å²) in [5.74, 6) is 1.20. The molecule has 0 saturated carbocycles. The first-order chi connectivity index (χ1) is 15.6. The zero-order valence-electron chi connectivity index (χ0n) is 20.0. The van der Waals surface area contributed by atoms with Crippen LogP contribution in [-0.2, 0) is 4.74 Å². The second-order valence-corrected chi connectivity index (χ2v) is 9.57. The number of nitrogens with zero attached hydrogens (tertiary/aromatic N) is 3. The Morgan fingerprint density at radius 2 is 1.88 bits per heavy atom. The van der Waals surface area contributed by atoms with Crippen molar-refractivity contribution in [3.8, 4) is 0 Å². The molecule has 8 heteroatoms. The van der Waals surface area contributed by atoms with E-state index >= 15 is 0 Å². The Morgan fingerprint density at radius 1 is 1.18 bits per heavy atom. The van der Waals surface area contributed by atoms with Gasteiger partial charge in [0.25, 0.3) is 5.91 Å². The summed E-state index contributed by atoms with van der Waals surface area (Å²) in [7, 11) is 1.79. The van der Waals surface area contributed by atoms with Crippen LogP contribution in [0.4, 0.5) is 22.0 Å². The average molecular weight is 454 g/mol. The number of aromatic nitrogens is 1. The van der Waals surface area contributed by atoms with E-state index in [4.69, 9.17) is 10.5 Å². The van der Waals surface area contributed by atoms with Gasteiger partial charge >= 0.3 is 6.09 Å². The zero-order valence-corrected chi connectivity index (χ0v) is 20.0. The van der Waals surface area contributed by atoms with E-state index in [1.807, 2.05) is 39.0 Å². The van der Waals surface area contributed by atoms with Gasteiger partial charge in [0.2, 0.25) is 0 Å². The largest absolute Gasteiger partial charge is 0.444 e. The first kappa shape index (κ1) is 24.4. The monoisotopic (exact) mass is 453 g/mol. The van der Waals surface area contributed by atoms with Gasteiger partial charge in [0.05, 0.1) is 16.9 Å². The minimum atomic E-state index is -0.477. The molecule has 1 aromatic carbocycles. The minimum absolute atomic E-state index is 0.236. The summed E-state index contributed by atoms with van der Waals surface area (Å²) >= 11 is 0. The van der Waals surface area contributed by atoms with Gasteiger partial charge < -0.3 is 25.6 Å². The SMILES string of the molecule is CN(CCC1CCN(c2ccc(C(=O)Nc3ccccc3N)cn2)CC1)C(=O)OC(C)(C)C. The molecular weight excluding hydrogens is 418 g/mol. The molecule has 1 aromatic heterocycles. The second-order valence-electron chi connectivity index (χ2n) is 9.57. The summed E-state index contributed by atoms with van der Waals surface area (Å²) in [6.07, 6.45) is 4.37. The quantitative estimate of drug-likeness (QED) is 0.629. The van der Waals surface area contributed by atoms with Crippen molar-refractivity contribution < 1.29 is 14.3 Å². The van der Waals surface area contributed by atoms with Crippen LogP contribution in [0.15, 0.2) is 42.6 Å². The van der Waals surface area contributed by atoms with Crippen molar-refractivity contribution in [2.75, 3.05) is 42.6 Å². The number of para-hydroxylation sites is 2. The number of nitrogens with two attached hydrogens (primary N) is 1. The molecule has 0 spiro atoms. The number of nitrogens with one attached hydrogen (secondary N) is 1. The predicted octanol–water partition coefficient (Wildman–Crippen LogP) is 4.39. The highest BCUT2D eigenvalue weighted by atomic mass is 16.6. The van der Waals surface area contributed by atoms with Gasteiger partial charge in [-0.3, -0.25) is 4.79 Å². The number of carbonyl (C=O) groups is 2. The van der Waals surface area contributed by atoms with Gasteiger partial charge in [-0.25, -0.2) is 9.78 Å². The smallest absolute Gasteiger partial charge is 0.410 e. The molecule has 0 bridgehead atoms. The molecule has 33 heavy (non-hydrogen) atoms. The maximum atomic E-state index is 12.5. The van der Waals surface area contributed by atoms with Crippen molar-refractivity contribution in [1.29, 1.82) is 0 Å². The number of rotatable bonds is 6. The van der Waals surface area contributed by atoms with Crippen molar-refractivity contribution in [3.05, 3.63) is 48.2 Å². The number of amides is 2. The second kappa shape index (κ2) is 10.6. The Balaban J connectivity index is 1.45. The normalized spacial score (nSPS) is 14.6. The molecule has 178 valence electrons. The fourth-order valence-corrected chi connectivity index (χ4v) is 3.77. The van der Waals surface area contributed by atoms with Crippen LogP contribution in [-0.4, -0.2) is 54.2 Å². The molecular formula is C25H35N5O3. The Bertz CT molecular complexity index is 947. The molecule has 0 unspecified atom stereocenters. The first-order valence-electron chi connectivity index (χ1n) is 11.4. The standard InChI is InChI=1S/C25H35N5O3/c1-25(2,3)33-24(32)29(4)14-11-18-12-15-30(16-13-18)22-10-9-19(17-27-22)23(31)28-21-8-6-5-7-20(21)26/h5-10,17-18H,11-16,26H2,1-4H3,(H,28,31). The van der Waals surface area contributed by atoms with Gasteiger partial charge in [0, 0.05) is 32.9 Å². The van der Waals surface area contributed by atoms with E-state index in [2.05, 4.69) is 15.2 Å². The highest BCUT2D eigenvalue weighted by Crippen LogP contribution is 2.25. The van der Waals surface area contributed by atoms with E-state index < -0.39 is 5.60 Å². The number of benzene rings is 1. The highest BCUT2D eigenvalue weighted by Gasteiger charge is 2.23. The van der Waals surface area contributed by atoms with Gasteiger partial charge in [-0.05, 0) is 70.2 Å². The molecule has 0 radical (unpaired) electrons. The van der Waals surface area contributed by atoms with E-state index in [0.717, 1.165) is 38.2 Å². The molecule has 2 heterocycles. The number of hydrogen-bond acceptors (Lipinski definition) is 6. The number of hydrogen-bond donors (Lipinski definition) is 2. The van der Waals surface area contributed by atoms with Gasteiger partial charge in [-0.2, -0.15) is 0 Å². The molecule has 2 aromatic rings. The Kier molecular flexibility index (Phi) is 7.79. The maximum absolute atomic E-state index is 12.5. The van der Waals surface area contributed by atoms with Crippen molar-refractivity contribution >= 4 is 29.2 Å². The summed E-state index contributed by atoms with van der Waals surface area (Å²) in [5, 5.41) is 2.82. The first-order valence-corrected chi connectivity index (χ1v) is 11.4. The molecule has 1 aliphatic heterocycles. The van der Waals surface area contributed by atoms with Crippen LogP contribution in [0.3, 0.4) is 0 Å². The van der Waals surface area contributed by atoms with Crippen molar-refractivity contribution in [2.24, 2.45) is 5.92 Å². The van der Waals surface area contributed by atoms with Crippen LogP contribution in [0, 0.1) is 5.92 Å². The molecule has 1 fully saturated rings. The fourth-order valence-electron chi connectivity index (χ4n) is 3.77. The van der Waals surface area contributed by atoms with Crippen molar-refractivity contribution in [3.63, 3.8) is 0 Å². The van der Waals surface area contributed by atoms with E-state index in [9.17, 15) is 9.59 Å². The Labute approximate surface area is 196 Å². The van der Waals surface area contributed by atoms with Crippen LogP contribution >= 0.6 is 0 Å². The molecule has 1 aliphatic rings. The molecule has 1 saturated heterocycles. The van der Waals surface area contributed by atoms with Crippen LogP contribution < -0.4 is 16.0 Å². The van der Waals surface area contributed by atoms with Crippen LogP contribution in [0.2, 0.25) is 0 Å². The topological polar surface area (TPSA) is 101 Å². The Morgan fingerprint density at radius 3 is 2.48 bits per heavy atom. The number of ether oxygens (including phenoxy) is 1. The van der Waals surface area contributed by atoms with Gasteiger partial charge in [-0.1, -0.05) is 12.1 Å². The molecule has 2 amide bonds.